The lowest BCUT2D eigenvalue weighted by molar-refractivity contribution is -0.665. The van der Waals surface area contributed by atoms with Gasteiger partial charge in [-0.1, -0.05) is 66.7 Å². The molecule has 1 aromatic heterocycles. The molecule has 32 heavy (non-hydrogen) atoms. The summed E-state index contributed by atoms with van der Waals surface area (Å²) in [4.78, 5) is 0. The summed E-state index contributed by atoms with van der Waals surface area (Å²) in [6.07, 6.45) is 0. The molecule has 0 spiro atoms. The van der Waals surface area contributed by atoms with Crippen molar-refractivity contribution < 1.29 is 8.96 Å². The maximum atomic E-state index is 15.0. The fraction of sp³-hybridized carbons (Fsp3) is 0.100. The van der Waals surface area contributed by atoms with Gasteiger partial charge in [-0.15, -0.1) is 0 Å². The van der Waals surface area contributed by atoms with Gasteiger partial charge in [0.25, 0.3) is 0 Å². The quantitative estimate of drug-likeness (QED) is 0.268. The van der Waals surface area contributed by atoms with E-state index in [9.17, 15) is 4.39 Å². The molecule has 0 fully saturated rings. The average Bonchev–Trinajstić information content (AvgIpc) is 2.81. The van der Waals surface area contributed by atoms with Crippen LogP contribution in [-0.2, 0) is 7.05 Å². The fourth-order valence-corrected chi connectivity index (χ4v) is 4.48. The third-order valence-corrected chi connectivity index (χ3v) is 6.30. The van der Waals surface area contributed by atoms with Gasteiger partial charge in [-0.05, 0) is 58.8 Å². The Balaban J connectivity index is 1.76. The predicted molar refractivity (Wildman–Crippen MR) is 131 cm³/mol. The van der Waals surface area contributed by atoms with E-state index in [1.54, 1.807) is 6.07 Å². The van der Waals surface area contributed by atoms with Crippen LogP contribution in [0.1, 0.15) is 11.3 Å². The Morgan fingerprint density at radius 2 is 1.28 bits per heavy atom. The van der Waals surface area contributed by atoms with Crippen LogP contribution in [0.2, 0.25) is 0 Å². The lowest BCUT2D eigenvalue weighted by Crippen LogP contribution is -2.35. The molecule has 5 rings (SSSR count). The van der Waals surface area contributed by atoms with Gasteiger partial charge in [0, 0.05) is 18.6 Å². The van der Waals surface area contributed by atoms with Gasteiger partial charge in [-0.25, -0.2) is 4.39 Å². The molecule has 0 amide bonds. The molecule has 0 aliphatic rings. The molecule has 0 saturated heterocycles. The van der Waals surface area contributed by atoms with E-state index in [0.29, 0.717) is 5.56 Å². The van der Waals surface area contributed by atoms with Gasteiger partial charge in [0.2, 0.25) is 5.69 Å². The van der Waals surface area contributed by atoms with Crippen molar-refractivity contribution in [1.82, 2.24) is 0 Å². The highest BCUT2D eigenvalue weighted by Crippen LogP contribution is 2.35. The maximum Gasteiger partial charge on any atom is 0.220 e. The van der Waals surface area contributed by atoms with Crippen LogP contribution in [0.4, 0.5) is 4.39 Å². The van der Waals surface area contributed by atoms with Crippen molar-refractivity contribution in [3.05, 3.63) is 114 Å². The van der Waals surface area contributed by atoms with E-state index in [1.165, 1.54) is 16.5 Å². The normalized spacial score (nSPS) is 11.1. The minimum absolute atomic E-state index is 0.191. The molecular formula is C30H25FN+. The standard InChI is InChI=1S/C30H25FN/c1-20-16-29(31)28(23-12-8-5-9-13-23)19-27(20)30-26-15-14-24(22-10-6-4-7-11-22)18-25(26)17-21(2)32(30)3/h4-19H,1-3H3/q+1. The van der Waals surface area contributed by atoms with E-state index in [2.05, 4.69) is 67.1 Å². The van der Waals surface area contributed by atoms with E-state index >= 15 is 0 Å². The number of fused-ring (bicyclic) bond motifs is 1. The molecule has 2 heteroatoms. The van der Waals surface area contributed by atoms with Crippen LogP contribution in [-0.4, -0.2) is 0 Å². The lowest BCUT2D eigenvalue weighted by Gasteiger charge is -2.13. The van der Waals surface area contributed by atoms with Gasteiger partial charge < -0.3 is 0 Å². The number of aromatic nitrogens is 1. The van der Waals surface area contributed by atoms with Gasteiger partial charge in [0.05, 0.1) is 10.9 Å². The van der Waals surface area contributed by atoms with Crippen molar-refractivity contribution >= 4 is 10.8 Å². The maximum absolute atomic E-state index is 15.0. The number of halogens is 1. The summed E-state index contributed by atoms with van der Waals surface area (Å²) < 4.78 is 17.2. The van der Waals surface area contributed by atoms with E-state index in [1.807, 2.05) is 49.4 Å². The number of benzene rings is 4. The smallest absolute Gasteiger partial charge is 0.206 e. The molecule has 1 nitrogen and oxygen atoms in total. The Bertz CT molecular complexity index is 1440. The Hall–Kier alpha value is -3.78. The number of hydrogen-bond acceptors (Lipinski definition) is 0. The summed E-state index contributed by atoms with van der Waals surface area (Å²) in [5.41, 5.74) is 8.14. The minimum atomic E-state index is -0.191. The number of pyridine rings is 1. The SMILES string of the molecule is Cc1cc(F)c(-c2ccccc2)cc1-c1c2ccc(-c3ccccc3)cc2cc(C)[n+]1C. The van der Waals surface area contributed by atoms with Crippen LogP contribution in [0, 0.1) is 19.7 Å². The van der Waals surface area contributed by atoms with Gasteiger partial charge in [-0.2, -0.15) is 4.57 Å². The molecule has 0 aliphatic heterocycles. The molecule has 0 N–H and O–H groups in total. The molecule has 0 saturated carbocycles. The third kappa shape index (κ3) is 3.48. The Morgan fingerprint density at radius 1 is 0.625 bits per heavy atom. The first-order chi connectivity index (χ1) is 15.5. The van der Waals surface area contributed by atoms with Gasteiger partial charge >= 0.3 is 0 Å². The summed E-state index contributed by atoms with van der Waals surface area (Å²) in [5, 5.41) is 2.34. The first-order valence-electron chi connectivity index (χ1n) is 10.9. The molecule has 1 heterocycles. The van der Waals surface area contributed by atoms with Crippen LogP contribution >= 0.6 is 0 Å². The highest BCUT2D eigenvalue weighted by atomic mass is 19.1. The Kier molecular flexibility index (Phi) is 5.07. The van der Waals surface area contributed by atoms with Crippen molar-refractivity contribution in [1.29, 1.82) is 0 Å². The molecular weight excluding hydrogens is 393 g/mol. The van der Waals surface area contributed by atoms with Crippen LogP contribution in [0.15, 0.2) is 97.1 Å². The molecule has 5 aromatic rings. The molecule has 0 bridgehead atoms. The highest BCUT2D eigenvalue weighted by molar-refractivity contribution is 5.97. The largest absolute Gasteiger partial charge is 0.220 e. The second-order valence-corrected chi connectivity index (χ2v) is 8.37. The zero-order chi connectivity index (χ0) is 22.2. The van der Waals surface area contributed by atoms with E-state index in [-0.39, 0.29) is 5.82 Å². The van der Waals surface area contributed by atoms with Crippen molar-refractivity contribution in [3.63, 3.8) is 0 Å². The molecule has 0 unspecified atom stereocenters. The van der Waals surface area contributed by atoms with Gasteiger partial charge in [0.1, 0.15) is 12.9 Å². The first kappa shape index (κ1) is 20.1. The van der Waals surface area contributed by atoms with Crippen molar-refractivity contribution in [2.24, 2.45) is 7.05 Å². The lowest BCUT2D eigenvalue weighted by atomic mass is 9.93. The van der Waals surface area contributed by atoms with Crippen molar-refractivity contribution in [3.8, 4) is 33.5 Å². The molecule has 0 atom stereocenters. The number of rotatable bonds is 3. The number of hydrogen-bond donors (Lipinski definition) is 0. The molecule has 0 aliphatic carbocycles. The minimum Gasteiger partial charge on any atom is -0.206 e. The fourth-order valence-electron chi connectivity index (χ4n) is 4.48. The monoisotopic (exact) mass is 418 g/mol. The molecule has 0 radical (unpaired) electrons. The van der Waals surface area contributed by atoms with Crippen molar-refractivity contribution in [2.75, 3.05) is 0 Å². The van der Waals surface area contributed by atoms with Crippen LogP contribution in [0.3, 0.4) is 0 Å². The molecule has 156 valence electrons. The topological polar surface area (TPSA) is 3.88 Å². The van der Waals surface area contributed by atoms with E-state index in [0.717, 1.165) is 33.5 Å². The zero-order valence-electron chi connectivity index (χ0n) is 18.6. The van der Waals surface area contributed by atoms with Crippen LogP contribution in [0.5, 0.6) is 0 Å². The summed E-state index contributed by atoms with van der Waals surface area (Å²) in [6, 6.07) is 32.7. The summed E-state index contributed by atoms with van der Waals surface area (Å²) in [5.74, 6) is -0.191. The second kappa shape index (κ2) is 8.05. The summed E-state index contributed by atoms with van der Waals surface area (Å²) in [6.45, 7) is 4.11. The van der Waals surface area contributed by atoms with Crippen LogP contribution < -0.4 is 4.57 Å². The first-order valence-corrected chi connectivity index (χ1v) is 10.9. The Labute approximate surface area is 188 Å². The number of aryl methyl sites for hydroxylation is 2. The van der Waals surface area contributed by atoms with Gasteiger partial charge in [-0.3, -0.25) is 0 Å². The van der Waals surface area contributed by atoms with E-state index in [4.69, 9.17) is 0 Å². The van der Waals surface area contributed by atoms with E-state index < -0.39 is 0 Å². The second-order valence-electron chi connectivity index (χ2n) is 8.37. The summed E-state index contributed by atoms with van der Waals surface area (Å²) >= 11 is 0. The summed E-state index contributed by atoms with van der Waals surface area (Å²) in [7, 11) is 2.08. The molecule has 4 aromatic carbocycles. The third-order valence-electron chi connectivity index (χ3n) is 6.30. The van der Waals surface area contributed by atoms with Crippen LogP contribution in [0.25, 0.3) is 44.3 Å². The number of nitrogens with zero attached hydrogens (tertiary/aromatic N) is 1. The zero-order valence-corrected chi connectivity index (χ0v) is 18.6. The average molecular weight is 419 g/mol. The highest BCUT2D eigenvalue weighted by Gasteiger charge is 2.22. The predicted octanol–water partition coefficient (Wildman–Crippen LogP) is 7.42. The van der Waals surface area contributed by atoms with Gasteiger partial charge in [0.15, 0.2) is 5.69 Å². The van der Waals surface area contributed by atoms with Crippen molar-refractivity contribution in [2.45, 2.75) is 13.8 Å². The Morgan fingerprint density at radius 3 is 1.97 bits per heavy atom.